The Bertz CT molecular complexity index is 463. The molecule has 0 fully saturated rings. The van der Waals surface area contributed by atoms with E-state index in [1.807, 2.05) is 19.2 Å². The molecule has 0 aliphatic rings. The number of aromatic nitrogens is 1. The van der Waals surface area contributed by atoms with E-state index in [2.05, 4.69) is 48.9 Å². The van der Waals surface area contributed by atoms with Crippen molar-refractivity contribution in [2.24, 2.45) is 0 Å². The summed E-state index contributed by atoms with van der Waals surface area (Å²) in [5, 5.41) is 0.823. The molecule has 0 saturated heterocycles. The van der Waals surface area contributed by atoms with Gasteiger partial charge in [0.1, 0.15) is 0 Å². The van der Waals surface area contributed by atoms with E-state index < -0.39 is 0 Å². The van der Waals surface area contributed by atoms with Gasteiger partial charge in [0.05, 0.1) is 10.6 Å². The van der Waals surface area contributed by atoms with Crippen molar-refractivity contribution in [3.63, 3.8) is 0 Å². The van der Waals surface area contributed by atoms with Crippen LogP contribution in [0, 0.1) is 6.92 Å². The summed E-state index contributed by atoms with van der Waals surface area (Å²) in [5.74, 6) is 0. The summed E-state index contributed by atoms with van der Waals surface area (Å²) in [5.41, 5.74) is 2.33. The summed E-state index contributed by atoms with van der Waals surface area (Å²) in [7, 11) is 0. The van der Waals surface area contributed by atoms with Gasteiger partial charge in [0.15, 0.2) is 0 Å². The topological polar surface area (TPSA) is 4.93 Å². The third-order valence-electron chi connectivity index (χ3n) is 3.09. The van der Waals surface area contributed by atoms with Gasteiger partial charge in [0.2, 0.25) is 0 Å². The molecule has 0 amide bonds. The van der Waals surface area contributed by atoms with E-state index in [0.717, 1.165) is 10.6 Å². The molecule has 0 saturated carbocycles. The van der Waals surface area contributed by atoms with Crippen LogP contribution in [0.5, 0.6) is 0 Å². The molecule has 2 aromatic rings. The lowest BCUT2D eigenvalue weighted by atomic mass is 9.94. The molecule has 0 bridgehead atoms. The SMILES string of the molecule is Cc1cn(C(C)(C)c2ccccc2)cc1Cl. The number of halogens is 1. The molecule has 2 rings (SSSR count). The Kier molecular flexibility index (Phi) is 2.81. The maximum Gasteiger partial charge on any atom is 0.0635 e. The van der Waals surface area contributed by atoms with Gasteiger partial charge >= 0.3 is 0 Å². The average Bonchev–Trinajstić information content (AvgIpc) is 2.61. The van der Waals surface area contributed by atoms with E-state index in [4.69, 9.17) is 11.6 Å². The maximum atomic E-state index is 6.10. The molecule has 1 aromatic heterocycles. The Morgan fingerprint density at radius 1 is 1.06 bits per heavy atom. The van der Waals surface area contributed by atoms with E-state index in [1.54, 1.807) is 0 Å². The first kappa shape index (κ1) is 11.3. The highest BCUT2D eigenvalue weighted by Crippen LogP contribution is 2.28. The fourth-order valence-electron chi connectivity index (χ4n) is 1.85. The monoisotopic (exact) mass is 233 g/mol. The predicted octanol–water partition coefficient (Wildman–Crippen LogP) is 4.23. The van der Waals surface area contributed by atoms with E-state index in [1.165, 1.54) is 5.56 Å². The van der Waals surface area contributed by atoms with Crippen molar-refractivity contribution in [1.29, 1.82) is 0 Å². The van der Waals surface area contributed by atoms with E-state index in [9.17, 15) is 0 Å². The molecule has 0 aliphatic heterocycles. The Balaban J connectivity index is 2.46. The van der Waals surface area contributed by atoms with Crippen molar-refractivity contribution in [3.05, 3.63) is 58.9 Å². The summed E-state index contributed by atoms with van der Waals surface area (Å²) in [4.78, 5) is 0. The fourth-order valence-corrected chi connectivity index (χ4v) is 2.00. The smallest absolute Gasteiger partial charge is 0.0635 e. The summed E-state index contributed by atoms with van der Waals surface area (Å²) in [6.07, 6.45) is 4.08. The van der Waals surface area contributed by atoms with Crippen molar-refractivity contribution in [1.82, 2.24) is 4.57 Å². The maximum absolute atomic E-state index is 6.10. The lowest BCUT2D eigenvalue weighted by Crippen LogP contribution is -2.26. The largest absolute Gasteiger partial charge is 0.343 e. The van der Waals surface area contributed by atoms with Crippen LogP contribution in [0.25, 0.3) is 0 Å². The number of nitrogens with zero attached hydrogens (tertiary/aromatic N) is 1. The zero-order chi connectivity index (χ0) is 11.8. The second-order valence-corrected chi connectivity index (χ2v) is 5.03. The molecular weight excluding hydrogens is 218 g/mol. The van der Waals surface area contributed by atoms with Gasteiger partial charge in [-0.05, 0) is 31.9 Å². The molecule has 0 spiro atoms. The molecule has 0 atom stereocenters. The minimum absolute atomic E-state index is 0.0703. The number of hydrogen-bond donors (Lipinski definition) is 0. The molecule has 1 nitrogen and oxygen atoms in total. The summed E-state index contributed by atoms with van der Waals surface area (Å²) >= 11 is 6.10. The summed E-state index contributed by atoms with van der Waals surface area (Å²) in [6.45, 7) is 6.41. The standard InChI is InChI=1S/C14H16ClN/c1-11-9-16(10-13(11)15)14(2,3)12-7-5-4-6-8-12/h4-10H,1-3H3. The van der Waals surface area contributed by atoms with Crippen LogP contribution >= 0.6 is 11.6 Å². The Morgan fingerprint density at radius 3 is 2.19 bits per heavy atom. The van der Waals surface area contributed by atoms with Crippen LogP contribution in [0.4, 0.5) is 0 Å². The van der Waals surface area contributed by atoms with Crippen LogP contribution in [-0.4, -0.2) is 4.57 Å². The number of hydrogen-bond acceptors (Lipinski definition) is 0. The molecule has 1 aromatic carbocycles. The number of rotatable bonds is 2. The summed E-state index contributed by atoms with van der Waals surface area (Å²) in [6, 6.07) is 10.4. The van der Waals surface area contributed by atoms with Gasteiger partial charge in [-0.1, -0.05) is 41.9 Å². The highest BCUT2D eigenvalue weighted by atomic mass is 35.5. The normalized spacial score (nSPS) is 11.8. The van der Waals surface area contributed by atoms with Crippen LogP contribution in [-0.2, 0) is 5.54 Å². The first-order chi connectivity index (χ1) is 7.51. The highest BCUT2D eigenvalue weighted by molar-refractivity contribution is 6.31. The van der Waals surface area contributed by atoms with Crippen molar-refractivity contribution in [2.45, 2.75) is 26.3 Å². The van der Waals surface area contributed by atoms with Crippen LogP contribution in [0.3, 0.4) is 0 Å². The second-order valence-electron chi connectivity index (χ2n) is 4.62. The molecular formula is C14H16ClN. The molecule has 0 N–H and O–H groups in total. The Hall–Kier alpha value is -1.21. The second kappa shape index (κ2) is 3.99. The zero-order valence-electron chi connectivity index (χ0n) is 9.87. The quantitative estimate of drug-likeness (QED) is 0.732. The molecule has 1 heterocycles. The first-order valence-corrected chi connectivity index (χ1v) is 5.79. The number of benzene rings is 1. The van der Waals surface area contributed by atoms with E-state index in [0.29, 0.717) is 0 Å². The van der Waals surface area contributed by atoms with Gasteiger partial charge in [-0.2, -0.15) is 0 Å². The van der Waals surface area contributed by atoms with E-state index >= 15 is 0 Å². The first-order valence-electron chi connectivity index (χ1n) is 5.42. The lowest BCUT2D eigenvalue weighted by Gasteiger charge is -2.27. The molecule has 0 aliphatic carbocycles. The lowest BCUT2D eigenvalue weighted by molar-refractivity contribution is 0.437. The minimum atomic E-state index is -0.0703. The van der Waals surface area contributed by atoms with Crippen molar-refractivity contribution in [2.75, 3.05) is 0 Å². The third-order valence-corrected chi connectivity index (χ3v) is 3.48. The fraction of sp³-hybridized carbons (Fsp3) is 0.286. The molecule has 84 valence electrons. The van der Waals surface area contributed by atoms with Gasteiger partial charge in [-0.3, -0.25) is 0 Å². The van der Waals surface area contributed by atoms with Gasteiger partial charge < -0.3 is 4.57 Å². The summed E-state index contributed by atoms with van der Waals surface area (Å²) < 4.78 is 2.17. The highest BCUT2D eigenvalue weighted by Gasteiger charge is 2.22. The zero-order valence-corrected chi connectivity index (χ0v) is 10.6. The van der Waals surface area contributed by atoms with E-state index in [-0.39, 0.29) is 5.54 Å². The molecule has 0 unspecified atom stereocenters. The molecule has 0 radical (unpaired) electrons. The van der Waals surface area contributed by atoms with Crippen LogP contribution in [0.2, 0.25) is 5.02 Å². The van der Waals surface area contributed by atoms with Crippen LogP contribution in [0.1, 0.15) is 25.0 Å². The van der Waals surface area contributed by atoms with Crippen LogP contribution < -0.4 is 0 Å². The minimum Gasteiger partial charge on any atom is -0.343 e. The number of aryl methyl sites for hydroxylation is 1. The van der Waals surface area contributed by atoms with Crippen molar-refractivity contribution >= 4 is 11.6 Å². The molecule has 16 heavy (non-hydrogen) atoms. The molecule has 2 heteroatoms. The third kappa shape index (κ3) is 1.88. The van der Waals surface area contributed by atoms with Crippen LogP contribution in [0.15, 0.2) is 42.7 Å². The van der Waals surface area contributed by atoms with Crippen molar-refractivity contribution in [3.8, 4) is 0 Å². The van der Waals surface area contributed by atoms with Gasteiger partial charge in [-0.15, -0.1) is 0 Å². The van der Waals surface area contributed by atoms with Crippen molar-refractivity contribution < 1.29 is 0 Å². The van der Waals surface area contributed by atoms with Gasteiger partial charge in [-0.25, -0.2) is 0 Å². The Morgan fingerprint density at radius 2 is 1.69 bits per heavy atom. The average molecular weight is 234 g/mol. The van der Waals surface area contributed by atoms with Gasteiger partial charge in [0, 0.05) is 12.4 Å². The predicted molar refractivity (Wildman–Crippen MR) is 69.0 cm³/mol. The Labute approximate surface area is 102 Å². The van der Waals surface area contributed by atoms with Gasteiger partial charge in [0.25, 0.3) is 0 Å².